The fourth-order valence-corrected chi connectivity index (χ4v) is 2.43. The molecule has 0 spiro atoms. The molecule has 4 nitrogen and oxygen atoms in total. The number of carbonyl (C=O) groups is 1. The highest BCUT2D eigenvalue weighted by molar-refractivity contribution is 7.86. The van der Waals surface area contributed by atoms with Crippen LogP contribution in [0.4, 0.5) is 8.28 Å². The summed E-state index contributed by atoms with van der Waals surface area (Å²) in [5, 5.41) is 8.76. The minimum Gasteiger partial charge on any atom is -0.478 e. The van der Waals surface area contributed by atoms with Crippen LogP contribution in [-0.4, -0.2) is 19.5 Å². The SMILES string of the molecule is O=C(O)c1ccc(-c2ccc(F)cc2S(=O)(=O)F)cc1. The van der Waals surface area contributed by atoms with E-state index in [1.54, 1.807) is 0 Å². The Hall–Kier alpha value is -2.28. The van der Waals surface area contributed by atoms with Gasteiger partial charge in [-0.05, 0) is 29.8 Å². The molecular weight excluding hydrogens is 290 g/mol. The maximum atomic E-state index is 13.2. The summed E-state index contributed by atoms with van der Waals surface area (Å²) in [4.78, 5) is 9.92. The minimum absolute atomic E-state index is 0.000479. The molecule has 2 aromatic carbocycles. The van der Waals surface area contributed by atoms with Gasteiger partial charge in [0.25, 0.3) is 0 Å². The van der Waals surface area contributed by atoms with Crippen molar-refractivity contribution >= 4 is 16.2 Å². The first-order valence-electron chi connectivity index (χ1n) is 5.37. The molecule has 0 radical (unpaired) electrons. The van der Waals surface area contributed by atoms with Gasteiger partial charge in [-0.3, -0.25) is 0 Å². The fraction of sp³-hybridized carbons (Fsp3) is 0. The molecule has 20 heavy (non-hydrogen) atoms. The van der Waals surface area contributed by atoms with E-state index in [1.165, 1.54) is 24.3 Å². The average Bonchev–Trinajstić information content (AvgIpc) is 2.38. The van der Waals surface area contributed by atoms with Gasteiger partial charge >= 0.3 is 16.2 Å². The first kappa shape index (κ1) is 14.1. The van der Waals surface area contributed by atoms with Gasteiger partial charge in [-0.2, -0.15) is 8.42 Å². The molecule has 0 unspecified atom stereocenters. The summed E-state index contributed by atoms with van der Waals surface area (Å²) in [5.74, 6) is -2.03. The number of benzene rings is 2. The molecule has 2 rings (SSSR count). The van der Waals surface area contributed by atoms with Crippen LogP contribution in [0.15, 0.2) is 47.4 Å². The minimum atomic E-state index is -5.09. The normalized spacial score (nSPS) is 11.3. The Morgan fingerprint density at radius 1 is 1.05 bits per heavy atom. The summed E-state index contributed by atoms with van der Waals surface area (Å²) in [5.41, 5.74) is 0.234. The molecule has 0 saturated heterocycles. The third-order valence-corrected chi connectivity index (χ3v) is 3.51. The Bertz CT molecular complexity index is 767. The monoisotopic (exact) mass is 298 g/mol. The van der Waals surface area contributed by atoms with Gasteiger partial charge in [-0.1, -0.05) is 18.2 Å². The quantitative estimate of drug-likeness (QED) is 0.884. The van der Waals surface area contributed by atoms with Crippen LogP contribution in [0, 0.1) is 5.82 Å². The predicted octanol–water partition coefficient (Wildman–Crippen LogP) is 2.85. The lowest BCUT2D eigenvalue weighted by atomic mass is 10.0. The van der Waals surface area contributed by atoms with Gasteiger partial charge in [-0.15, -0.1) is 3.89 Å². The van der Waals surface area contributed by atoms with Crippen LogP contribution in [0.3, 0.4) is 0 Å². The van der Waals surface area contributed by atoms with Gasteiger partial charge in [0.2, 0.25) is 0 Å². The zero-order chi connectivity index (χ0) is 14.9. The van der Waals surface area contributed by atoms with Crippen LogP contribution in [-0.2, 0) is 10.2 Å². The van der Waals surface area contributed by atoms with Crippen molar-refractivity contribution < 1.29 is 26.6 Å². The zero-order valence-corrected chi connectivity index (χ0v) is 10.7. The molecule has 0 atom stereocenters. The summed E-state index contributed by atoms with van der Waals surface area (Å²) in [6.07, 6.45) is 0. The molecule has 0 fully saturated rings. The molecule has 0 bridgehead atoms. The first-order valence-corrected chi connectivity index (χ1v) is 6.75. The van der Waals surface area contributed by atoms with E-state index in [0.717, 1.165) is 12.1 Å². The largest absolute Gasteiger partial charge is 0.478 e. The third kappa shape index (κ3) is 2.83. The number of rotatable bonds is 3. The molecule has 0 aliphatic carbocycles. The number of aromatic carboxylic acids is 1. The van der Waals surface area contributed by atoms with Crippen molar-refractivity contribution in [1.29, 1.82) is 0 Å². The van der Waals surface area contributed by atoms with Gasteiger partial charge in [0, 0.05) is 5.56 Å². The van der Waals surface area contributed by atoms with Gasteiger partial charge in [0.05, 0.1) is 5.56 Å². The molecule has 0 saturated carbocycles. The van der Waals surface area contributed by atoms with Gasteiger partial charge in [-0.25, -0.2) is 9.18 Å². The first-order chi connectivity index (χ1) is 9.29. The smallest absolute Gasteiger partial charge is 0.335 e. The van der Waals surface area contributed by atoms with Gasteiger partial charge in [0.15, 0.2) is 0 Å². The lowest BCUT2D eigenvalue weighted by Crippen LogP contribution is -1.98. The highest BCUT2D eigenvalue weighted by atomic mass is 32.3. The highest BCUT2D eigenvalue weighted by Crippen LogP contribution is 2.29. The van der Waals surface area contributed by atoms with Crippen molar-refractivity contribution in [3.05, 3.63) is 53.8 Å². The van der Waals surface area contributed by atoms with Crippen molar-refractivity contribution in [2.45, 2.75) is 4.90 Å². The fourth-order valence-electron chi connectivity index (χ4n) is 1.73. The second kappa shape index (κ2) is 5.01. The molecule has 0 aliphatic heterocycles. The maximum absolute atomic E-state index is 13.2. The Balaban J connectivity index is 2.61. The van der Waals surface area contributed by atoms with Crippen molar-refractivity contribution in [3.8, 4) is 11.1 Å². The van der Waals surface area contributed by atoms with E-state index in [4.69, 9.17) is 5.11 Å². The van der Waals surface area contributed by atoms with Gasteiger partial charge in [0.1, 0.15) is 10.7 Å². The summed E-state index contributed by atoms with van der Waals surface area (Å²) < 4.78 is 48.3. The van der Waals surface area contributed by atoms with E-state index in [1.807, 2.05) is 0 Å². The Kier molecular flexibility index (Phi) is 3.54. The summed E-state index contributed by atoms with van der Waals surface area (Å²) >= 11 is 0. The van der Waals surface area contributed by atoms with Crippen LogP contribution in [0.1, 0.15) is 10.4 Å². The Labute approximate surface area is 113 Å². The lowest BCUT2D eigenvalue weighted by molar-refractivity contribution is 0.0697. The summed E-state index contributed by atoms with van der Waals surface area (Å²) in [6.45, 7) is 0. The van der Waals surface area contributed by atoms with Crippen molar-refractivity contribution in [3.63, 3.8) is 0 Å². The number of carboxylic acid groups (broad SMARTS) is 1. The Morgan fingerprint density at radius 2 is 1.65 bits per heavy atom. The predicted molar refractivity (Wildman–Crippen MR) is 67.1 cm³/mol. The van der Waals surface area contributed by atoms with Crippen LogP contribution < -0.4 is 0 Å². The zero-order valence-electron chi connectivity index (χ0n) is 9.88. The van der Waals surface area contributed by atoms with Gasteiger partial charge < -0.3 is 5.11 Å². The van der Waals surface area contributed by atoms with Crippen LogP contribution in [0.2, 0.25) is 0 Å². The lowest BCUT2D eigenvalue weighted by Gasteiger charge is -2.07. The van der Waals surface area contributed by atoms with Crippen LogP contribution in [0.5, 0.6) is 0 Å². The second-order valence-corrected chi connectivity index (χ2v) is 5.28. The highest BCUT2D eigenvalue weighted by Gasteiger charge is 2.19. The van der Waals surface area contributed by atoms with Crippen molar-refractivity contribution in [2.75, 3.05) is 0 Å². The molecule has 0 aromatic heterocycles. The van der Waals surface area contributed by atoms with E-state index in [2.05, 4.69) is 0 Å². The standard InChI is InChI=1S/C13H8F2O4S/c14-10-5-6-11(12(7-10)20(15,18)19)8-1-3-9(4-2-8)13(16)17/h1-7H,(H,16,17). The summed E-state index contributed by atoms with van der Waals surface area (Å²) in [6, 6.07) is 7.84. The van der Waals surface area contributed by atoms with E-state index < -0.39 is 26.9 Å². The van der Waals surface area contributed by atoms with Crippen LogP contribution >= 0.6 is 0 Å². The third-order valence-electron chi connectivity index (χ3n) is 2.65. The summed E-state index contributed by atoms with van der Waals surface area (Å²) in [7, 11) is -5.09. The number of hydrogen-bond acceptors (Lipinski definition) is 3. The molecule has 0 amide bonds. The number of hydrogen-bond donors (Lipinski definition) is 1. The van der Waals surface area contributed by atoms with E-state index in [9.17, 15) is 21.5 Å². The van der Waals surface area contributed by atoms with E-state index in [-0.39, 0.29) is 16.7 Å². The van der Waals surface area contributed by atoms with E-state index >= 15 is 0 Å². The molecule has 0 heterocycles. The molecule has 2 aromatic rings. The van der Waals surface area contributed by atoms with Crippen molar-refractivity contribution in [2.24, 2.45) is 0 Å². The number of halogens is 2. The molecule has 0 aliphatic rings. The molecule has 104 valence electrons. The molecular formula is C13H8F2O4S. The van der Waals surface area contributed by atoms with Crippen LogP contribution in [0.25, 0.3) is 11.1 Å². The second-order valence-electron chi connectivity index (χ2n) is 3.96. The van der Waals surface area contributed by atoms with Crippen molar-refractivity contribution in [1.82, 2.24) is 0 Å². The molecule has 7 heteroatoms. The topological polar surface area (TPSA) is 71.4 Å². The average molecular weight is 298 g/mol. The molecule has 1 N–H and O–H groups in total. The van der Waals surface area contributed by atoms with E-state index in [0.29, 0.717) is 6.07 Å². The maximum Gasteiger partial charge on any atom is 0.335 e. The number of carboxylic acids is 1. The Morgan fingerprint density at radius 3 is 2.15 bits per heavy atom.